The predicted molar refractivity (Wildman–Crippen MR) is 61.5 cm³/mol. The van der Waals surface area contributed by atoms with Crippen LogP contribution in [0.3, 0.4) is 0 Å². The molecular formula is C12H16N3O. The molecule has 0 aromatic carbocycles. The molecule has 0 saturated carbocycles. The van der Waals surface area contributed by atoms with E-state index in [1.807, 2.05) is 27.7 Å². The Hall–Kier alpha value is -1.42. The Bertz CT molecular complexity index is 423. The van der Waals surface area contributed by atoms with Gasteiger partial charge in [0.15, 0.2) is 5.84 Å². The van der Waals surface area contributed by atoms with E-state index in [0.29, 0.717) is 5.84 Å². The Morgan fingerprint density at radius 2 is 1.69 bits per heavy atom. The number of nitrogens with zero attached hydrogens (tertiary/aromatic N) is 3. The van der Waals surface area contributed by atoms with Crippen molar-refractivity contribution in [2.24, 2.45) is 4.99 Å². The lowest BCUT2D eigenvalue weighted by Crippen LogP contribution is -2.50. The van der Waals surface area contributed by atoms with E-state index in [-0.39, 0.29) is 5.54 Å². The monoisotopic (exact) mass is 218 g/mol. The van der Waals surface area contributed by atoms with E-state index in [1.165, 1.54) is 0 Å². The smallest absolute Gasteiger partial charge is 0.159 e. The van der Waals surface area contributed by atoms with Crippen LogP contribution in [-0.4, -0.2) is 27.0 Å². The van der Waals surface area contributed by atoms with Gasteiger partial charge in [0, 0.05) is 18.0 Å². The third kappa shape index (κ3) is 1.41. The summed E-state index contributed by atoms with van der Waals surface area (Å²) in [5.41, 5.74) is -0.0810. The van der Waals surface area contributed by atoms with E-state index in [9.17, 15) is 5.21 Å². The second kappa shape index (κ2) is 3.28. The molecule has 1 aliphatic heterocycles. The second-order valence-corrected chi connectivity index (χ2v) is 5.08. The van der Waals surface area contributed by atoms with Crippen LogP contribution in [0, 0.1) is 0 Å². The molecule has 0 fully saturated rings. The minimum Gasteiger partial charge on any atom is -0.265 e. The molecule has 1 radical (unpaired) electrons. The summed E-state index contributed by atoms with van der Waals surface area (Å²) in [4.78, 5) is 8.47. The highest BCUT2D eigenvalue weighted by Crippen LogP contribution is 2.37. The van der Waals surface area contributed by atoms with Gasteiger partial charge >= 0.3 is 0 Å². The van der Waals surface area contributed by atoms with Gasteiger partial charge in [0.2, 0.25) is 0 Å². The number of rotatable bonds is 1. The molecule has 0 spiro atoms. The summed E-state index contributed by atoms with van der Waals surface area (Å²) in [5, 5.41) is 13.2. The lowest BCUT2D eigenvalue weighted by atomic mass is 9.84. The predicted octanol–water partition coefficient (Wildman–Crippen LogP) is 2.05. The minimum atomic E-state index is -0.522. The molecule has 2 heterocycles. The van der Waals surface area contributed by atoms with Gasteiger partial charge in [-0.15, -0.1) is 0 Å². The zero-order chi connectivity index (χ0) is 12.0. The van der Waals surface area contributed by atoms with E-state index in [0.717, 1.165) is 10.6 Å². The molecule has 0 saturated heterocycles. The highest BCUT2D eigenvalue weighted by molar-refractivity contribution is 6.00. The normalized spacial score (nSPS) is 22.1. The lowest BCUT2D eigenvalue weighted by molar-refractivity contribution is -0.158. The van der Waals surface area contributed by atoms with Crippen LogP contribution in [0.2, 0.25) is 0 Å². The SMILES string of the molecule is CC1(C)N=C(c2ccncc2)N([O])C1(C)C. The van der Waals surface area contributed by atoms with Gasteiger partial charge in [0.25, 0.3) is 0 Å². The highest BCUT2D eigenvalue weighted by atomic mass is 16.5. The molecule has 4 heteroatoms. The Labute approximate surface area is 95.6 Å². The molecule has 0 atom stereocenters. The Balaban J connectivity index is 2.46. The van der Waals surface area contributed by atoms with Crippen molar-refractivity contribution in [2.75, 3.05) is 0 Å². The van der Waals surface area contributed by atoms with Crippen LogP contribution in [-0.2, 0) is 5.21 Å². The van der Waals surface area contributed by atoms with Crippen LogP contribution >= 0.6 is 0 Å². The summed E-state index contributed by atoms with van der Waals surface area (Å²) in [6, 6.07) is 3.61. The van der Waals surface area contributed by atoms with Crippen molar-refractivity contribution in [3.8, 4) is 0 Å². The van der Waals surface area contributed by atoms with Gasteiger partial charge < -0.3 is 0 Å². The molecule has 0 aliphatic carbocycles. The molecule has 16 heavy (non-hydrogen) atoms. The van der Waals surface area contributed by atoms with E-state index < -0.39 is 5.54 Å². The van der Waals surface area contributed by atoms with Gasteiger partial charge in [0.1, 0.15) is 0 Å². The van der Waals surface area contributed by atoms with Crippen LogP contribution < -0.4 is 0 Å². The maximum atomic E-state index is 12.2. The van der Waals surface area contributed by atoms with Crippen molar-refractivity contribution < 1.29 is 5.21 Å². The number of hydroxylamine groups is 2. The van der Waals surface area contributed by atoms with Crippen LogP contribution in [0.1, 0.15) is 33.3 Å². The third-order valence-corrected chi connectivity index (χ3v) is 3.52. The zero-order valence-corrected chi connectivity index (χ0v) is 10.1. The lowest BCUT2D eigenvalue weighted by Gasteiger charge is -2.35. The van der Waals surface area contributed by atoms with E-state index in [2.05, 4.69) is 9.98 Å². The van der Waals surface area contributed by atoms with Crippen molar-refractivity contribution in [2.45, 2.75) is 38.8 Å². The molecule has 85 valence electrons. The highest BCUT2D eigenvalue weighted by Gasteiger charge is 2.49. The van der Waals surface area contributed by atoms with Gasteiger partial charge in [-0.25, -0.2) is 0 Å². The summed E-state index contributed by atoms with van der Waals surface area (Å²) in [5.74, 6) is 0.498. The first-order valence-corrected chi connectivity index (χ1v) is 5.34. The average molecular weight is 218 g/mol. The zero-order valence-electron chi connectivity index (χ0n) is 10.1. The standard InChI is InChI=1S/C12H16N3O/c1-11(2)12(3,4)15(16)10(14-11)9-5-7-13-8-6-9/h5-8H,1-4H3. The van der Waals surface area contributed by atoms with Crippen LogP contribution in [0.5, 0.6) is 0 Å². The average Bonchev–Trinajstić information content (AvgIpc) is 2.40. The molecule has 2 rings (SSSR count). The summed E-state index contributed by atoms with van der Waals surface area (Å²) in [7, 11) is 0. The minimum absolute atomic E-state index is 0.382. The number of hydrogen-bond acceptors (Lipinski definition) is 3. The first-order chi connectivity index (χ1) is 7.36. The molecular weight excluding hydrogens is 202 g/mol. The Morgan fingerprint density at radius 1 is 1.12 bits per heavy atom. The van der Waals surface area contributed by atoms with Gasteiger partial charge in [0.05, 0.1) is 11.1 Å². The van der Waals surface area contributed by atoms with E-state index in [4.69, 9.17) is 0 Å². The van der Waals surface area contributed by atoms with Crippen molar-refractivity contribution >= 4 is 5.84 Å². The van der Waals surface area contributed by atoms with E-state index >= 15 is 0 Å². The van der Waals surface area contributed by atoms with Gasteiger partial charge in [-0.2, -0.15) is 5.06 Å². The topological polar surface area (TPSA) is 48.4 Å². The van der Waals surface area contributed by atoms with Crippen LogP contribution in [0.4, 0.5) is 0 Å². The molecule has 0 amide bonds. The summed E-state index contributed by atoms with van der Waals surface area (Å²) >= 11 is 0. The molecule has 4 nitrogen and oxygen atoms in total. The van der Waals surface area contributed by atoms with Crippen molar-refractivity contribution in [1.82, 2.24) is 10.0 Å². The quantitative estimate of drug-likeness (QED) is 0.724. The fourth-order valence-electron chi connectivity index (χ4n) is 1.64. The van der Waals surface area contributed by atoms with Gasteiger partial charge in [-0.1, -0.05) is 5.21 Å². The molecule has 1 aliphatic rings. The van der Waals surface area contributed by atoms with Crippen molar-refractivity contribution in [3.05, 3.63) is 30.1 Å². The van der Waals surface area contributed by atoms with E-state index in [1.54, 1.807) is 24.5 Å². The van der Waals surface area contributed by atoms with Crippen LogP contribution in [0.25, 0.3) is 0 Å². The number of hydrogen-bond donors (Lipinski definition) is 0. The van der Waals surface area contributed by atoms with Crippen molar-refractivity contribution in [1.29, 1.82) is 0 Å². The summed E-state index contributed by atoms with van der Waals surface area (Å²) in [6.45, 7) is 7.79. The Morgan fingerprint density at radius 3 is 2.12 bits per heavy atom. The number of aliphatic imine (C=N–C) groups is 1. The molecule has 0 unspecified atom stereocenters. The third-order valence-electron chi connectivity index (χ3n) is 3.52. The molecule has 1 aromatic heterocycles. The second-order valence-electron chi connectivity index (χ2n) is 5.08. The molecule has 0 bridgehead atoms. The maximum Gasteiger partial charge on any atom is 0.159 e. The molecule has 0 N–H and O–H groups in total. The summed E-state index contributed by atoms with van der Waals surface area (Å²) in [6.07, 6.45) is 3.34. The van der Waals surface area contributed by atoms with Crippen LogP contribution in [0.15, 0.2) is 29.5 Å². The first-order valence-electron chi connectivity index (χ1n) is 5.34. The van der Waals surface area contributed by atoms with Gasteiger partial charge in [-0.05, 0) is 39.8 Å². The number of amidine groups is 1. The maximum absolute atomic E-state index is 12.2. The van der Waals surface area contributed by atoms with Crippen molar-refractivity contribution in [3.63, 3.8) is 0 Å². The fourth-order valence-corrected chi connectivity index (χ4v) is 1.64. The fraction of sp³-hybridized carbons (Fsp3) is 0.500. The molecule has 1 aromatic rings. The van der Waals surface area contributed by atoms with Gasteiger partial charge in [-0.3, -0.25) is 9.98 Å². The Kier molecular flexibility index (Phi) is 2.27. The summed E-state index contributed by atoms with van der Waals surface area (Å²) < 4.78 is 0. The number of aromatic nitrogens is 1. The number of pyridine rings is 1. The largest absolute Gasteiger partial charge is 0.265 e. The first kappa shape index (κ1) is 11.1.